The smallest absolute Gasteiger partial charge is 0.357 e. The predicted octanol–water partition coefficient (Wildman–Crippen LogP) is 4.85. The molecule has 4 rings (SSSR count). The van der Waals surface area contributed by atoms with Gasteiger partial charge in [0.1, 0.15) is 0 Å². The first-order chi connectivity index (χ1) is 14.0. The van der Waals surface area contributed by atoms with E-state index in [4.69, 9.17) is 27.9 Å². The third-order valence-corrected chi connectivity index (χ3v) is 5.04. The third-order valence-electron chi connectivity index (χ3n) is 4.47. The summed E-state index contributed by atoms with van der Waals surface area (Å²) in [7, 11) is 0. The maximum Gasteiger partial charge on any atom is 0.357 e. The molecule has 1 aromatic heterocycles. The Morgan fingerprint density at radius 3 is 2.59 bits per heavy atom. The quantitative estimate of drug-likeness (QED) is 0.568. The number of ether oxygens (including phenoxy) is 1. The van der Waals surface area contributed by atoms with Crippen molar-refractivity contribution in [2.75, 3.05) is 11.9 Å². The molecule has 6 nitrogen and oxygen atoms in total. The van der Waals surface area contributed by atoms with Crippen molar-refractivity contribution in [3.63, 3.8) is 0 Å². The zero-order valence-corrected chi connectivity index (χ0v) is 16.8. The summed E-state index contributed by atoms with van der Waals surface area (Å²) in [6, 6.07) is 15.8. The van der Waals surface area contributed by atoms with Crippen LogP contribution < -0.4 is 5.32 Å². The van der Waals surface area contributed by atoms with E-state index >= 15 is 0 Å². The number of benzene rings is 2. The van der Waals surface area contributed by atoms with Crippen molar-refractivity contribution in [3.8, 4) is 5.69 Å². The van der Waals surface area contributed by atoms with Crippen molar-refractivity contribution in [2.24, 2.45) is 0 Å². The van der Waals surface area contributed by atoms with Gasteiger partial charge in [0.25, 0.3) is 5.91 Å². The molecule has 1 amide bonds. The molecule has 1 aliphatic rings. The highest BCUT2D eigenvalue weighted by Gasteiger charge is 2.29. The summed E-state index contributed by atoms with van der Waals surface area (Å²) in [5, 5.41) is 7.92. The second-order valence-corrected chi connectivity index (χ2v) is 7.57. The van der Waals surface area contributed by atoms with Gasteiger partial charge in [0.2, 0.25) is 0 Å². The van der Waals surface area contributed by atoms with Crippen molar-refractivity contribution < 1.29 is 14.3 Å². The number of para-hydroxylation sites is 1. The number of amides is 1. The summed E-state index contributed by atoms with van der Waals surface area (Å²) in [5.74, 6) is -0.768. The maximum absolute atomic E-state index is 12.7. The molecule has 0 bridgehead atoms. The number of carbonyl (C=O) groups excluding carboxylic acids is 2. The van der Waals surface area contributed by atoms with Crippen molar-refractivity contribution >= 4 is 40.8 Å². The molecule has 3 aromatic rings. The van der Waals surface area contributed by atoms with Gasteiger partial charge in [0.05, 0.1) is 22.1 Å². The fourth-order valence-corrected chi connectivity index (χ4v) is 3.21. The van der Waals surface area contributed by atoms with E-state index in [2.05, 4.69) is 10.4 Å². The van der Waals surface area contributed by atoms with E-state index in [0.717, 1.165) is 24.2 Å². The first-order valence-electron chi connectivity index (χ1n) is 9.08. The minimum atomic E-state index is -0.624. The van der Waals surface area contributed by atoms with Crippen LogP contribution in [-0.4, -0.2) is 28.3 Å². The number of carbonyl (C=O) groups is 2. The standard InChI is InChI=1S/C21H17Cl2N3O3/c22-14-8-9-16(23)18(10-14)24-20(27)12-29-21(28)19-11-17(13-6-7-13)25-26(19)15-4-2-1-3-5-15/h1-5,8-11,13H,6-7,12H2,(H,24,27). The average molecular weight is 430 g/mol. The van der Waals surface area contributed by atoms with Crippen LogP contribution in [0.4, 0.5) is 5.69 Å². The summed E-state index contributed by atoms with van der Waals surface area (Å²) in [6.45, 7) is -0.458. The summed E-state index contributed by atoms with van der Waals surface area (Å²) in [5.41, 5.74) is 2.25. The number of aromatic nitrogens is 2. The van der Waals surface area contributed by atoms with Gasteiger partial charge < -0.3 is 10.1 Å². The number of hydrogen-bond donors (Lipinski definition) is 1. The van der Waals surface area contributed by atoms with Gasteiger partial charge in [-0.3, -0.25) is 4.79 Å². The highest BCUT2D eigenvalue weighted by atomic mass is 35.5. The van der Waals surface area contributed by atoms with E-state index < -0.39 is 18.5 Å². The van der Waals surface area contributed by atoms with Gasteiger partial charge in [-0.2, -0.15) is 5.10 Å². The molecular formula is C21H17Cl2N3O3. The zero-order valence-electron chi connectivity index (χ0n) is 15.3. The number of nitrogens with zero attached hydrogens (tertiary/aromatic N) is 2. The largest absolute Gasteiger partial charge is 0.451 e. The molecule has 1 saturated carbocycles. The number of hydrogen-bond acceptors (Lipinski definition) is 4. The first-order valence-corrected chi connectivity index (χ1v) is 9.84. The summed E-state index contributed by atoms with van der Waals surface area (Å²) < 4.78 is 6.78. The van der Waals surface area contributed by atoms with Gasteiger partial charge in [-0.1, -0.05) is 41.4 Å². The van der Waals surface area contributed by atoms with Crippen molar-refractivity contribution in [3.05, 3.63) is 76.0 Å². The van der Waals surface area contributed by atoms with Crippen LogP contribution in [0.5, 0.6) is 0 Å². The lowest BCUT2D eigenvalue weighted by molar-refractivity contribution is -0.119. The molecule has 0 spiro atoms. The van der Waals surface area contributed by atoms with E-state index in [9.17, 15) is 9.59 Å². The van der Waals surface area contributed by atoms with Gasteiger partial charge in [-0.15, -0.1) is 0 Å². The second-order valence-electron chi connectivity index (χ2n) is 6.72. The van der Waals surface area contributed by atoms with E-state index in [1.807, 2.05) is 30.3 Å². The van der Waals surface area contributed by atoms with Crippen molar-refractivity contribution in [1.82, 2.24) is 9.78 Å². The zero-order chi connectivity index (χ0) is 20.4. The maximum atomic E-state index is 12.7. The molecule has 0 saturated heterocycles. The van der Waals surface area contributed by atoms with Gasteiger partial charge in [0.15, 0.2) is 12.3 Å². The lowest BCUT2D eigenvalue weighted by atomic mass is 10.2. The lowest BCUT2D eigenvalue weighted by Gasteiger charge is -2.09. The van der Waals surface area contributed by atoms with E-state index in [1.165, 1.54) is 6.07 Å². The highest BCUT2D eigenvalue weighted by Crippen LogP contribution is 2.39. The second kappa shape index (κ2) is 8.27. The number of anilines is 1. The molecule has 0 aliphatic heterocycles. The minimum Gasteiger partial charge on any atom is -0.451 e. The fraction of sp³-hybridized carbons (Fsp3) is 0.190. The number of nitrogens with one attached hydrogen (secondary N) is 1. The molecule has 1 fully saturated rings. The van der Waals surface area contributed by atoms with Gasteiger partial charge in [0, 0.05) is 10.9 Å². The highest BCUT2D eigenvalue weighted by molar-refractivity contribution is 6.35. The third kappa shape index (κ3) is 4.60. The van der Waals surface area contributed by atoms with E-state index in [0.29, 0.717) is 21.7 Å². The Kier molecular flexibility index (Phi) is 5.56. The van der Waals surface area contributed by atoms with Crippen LogP contribution in [0.3, 0.4) is 0 Å². The van der Waals surface area contributed by atoms with Crippen LogP contribution in [-0.2, 0) is 9.53 Å². The summed E-state index contributed by atoms with van der Waals surface area (Å²) in [4.78, 5) is 24.8. The Morgan fingerprint density at radius 2 is 1.86 bits per heavy atom. The molecule has 0 unspecified atom stereocenters. The Hall–Kier alpha value is -2.83. The molecule has 0 atom stereocenters. The van der Waals surface area contributed by atoms with Gasteiger partial charge in [-0.25, -0.2) is 9.48 Å². The lowest BCUT2D eigenvalue weighted by Crippen LogP contribution is -2.22. The predicted molar refractivity (Wildman–Crippen MR) is 111 cm³/mol. The number of esters is 1. The monoisotopic (exact) mass is 429 g/mol. The first kappa shape index (κ1) is 19.5. The van der Waals surface area contributed by atoms with Crippen LogP contribution in [0.1, 0.15) is 34.9 Å². The Balaban J connectivity index is 1.47. The van der Waals surface area contributed by atoms with E-state index in [1.54, 1.807) is 22.9 Å². The Morgan fingerprint density at radius 1 is 1.10 bits per heavy atom. The molecule has 29 heavy (non-hydrogen) atoms. The van der Waals surface area contributed by atoms with Gasteiger partial charge >= 0.3 is 5.97 Å². The molecule has 1 heterocycles. The van der Waals surface area contributed by atoms with Crippen LogP contribution in [0.25, 0.3) is 5.69 Å². The molecular weight excluding hydrogens is 413 g/mol. The van der Waals surface area contributed by atoms with Crippen molar-refractivity contribution in [1.29, 1.82) is 0 Å². The van der Waals surface area contributed by atoms with E-state index in [-0.39, 0.29) is 5.69 Å². The molecule has 1 N–H and O–H groups in total. The molecule has 8 heteroatoms. The normalized spacial score (nSPS) is 13.2. The van der Waals surface area contributed by atoms with Crippen molar-refractivity contribution in [2.45, 2.75) is 18.8 Å². The fourth-order valence-electron chi connectivity index (χ4n) is 2.87. The van der Waals surface area contributed by atoms with Crippen LogP contribution in [0, 0.1) is 0 Å². The molecule has 2 aromatic carbocycles. The Bertz CT molecular complexity index is 1060. The molecule has 148 valence electrons. The summed E-state index contributed by atoms with van der Waals surface area (Å²) >= 11 is 11.9. The number of halogens is 2. The minimum absolute atomic E-state index is 0.284. The van der Waals surface area contributed by atoms with Crippen LogP contribution in [0.15, 0.2) is 54.6 Å². The number of rotatable bonds is 6. The average Bonchev–Trinajstić information content (AvgIpc) is 3.48. The topological polar surface area (TPSA) is 73.2 Å². The van der Waals surface area contributed by atoms with Gasteiger partial charge in [-0.05, 0) is 49.2 Å². The Labute approximate surface area is 177 Å². The van der Waals surface area contributed by atoms with Crippen LogP contribution in [0.2, 0.25) is 10.0 Å². The molecule has 0 radical (unpaired) electrons. The van der Waals surface area contributed by atoms with Crippen LogP contribution >= 0.6 is 23.2 Å². The SMILES string of the molecule is O=C(COC(=O)c1cc(C2CC2)nn1-c1ccccc1)Nc1cc(Cl)ccc1Cl. The molecule has 1 aliphatic carbocycles. The summed E-state index contributed by atoms with van der Waals surface area (Å²) in [6.07, 6.45) is 2.12.